The van der Waals surface area contributed by atoms with Crippen molar-refractivity contribution in [2.24, 2.45) is 11.8 Å². The van der Waals surface area contributed by atoms with Crippen molar-refractivity contribution >= 4 is 11.9 Å². The zero-order valence-corrected chi connectivity index (χ0v) is 15.7. The number of fused-ring (bicyclic) bond motifs is 1. The maximum absolute atomic E-state index is 12.7. The van der Waals surface area contributed by atoms with Crippen LogP contribution in [0.25, 0.3) is 0 Å². The van der Waals surface area contributed by atoms with Gasteiger partial charge in [-0.2, -0.15) is 13.2 Å². The summed E-state index contributed by atoms with van der Waals surface area (Å²) in [4.78, 5) is 18.2. The highest BCUT2D eigenvalue weighted by atomic mass is 19.4. The summed E-state index contributed by atoms with van der Waals surface area (Å²) in [5, 5.41) is 3.06. The SMILES string of the molecule is O=C(OCc1ccccc1)N1CC2CC2CC1CNc1ccc(C(F)(F)F)cn1. The molecular formula is C21H22F3N3O2. The molecule has 0 spiro atoms. The van der Waals surface area contributed by atoms with E-state index in [9.17, 15) is 18.0 Å². The van der Waals surface area contributed by atoms with Gasteiger partial charge in [-0.25, -0.2) is 9.78 Å². The van der Waals surface area contributed by atoms with Crippen LogP contribution in [0.2, 0.25) is 0 Å². The summed E-state index contributed by atoms with van der Waals surface area (Å²) >= 11 is 0. The Morgan fingerprint density at radius 3 is 2.62 bits per heavy atom. The summed E-state index contributed by atoms with van der Waals surface area (Å²) in [5.41, 5.74) is 0.137. The number of rotatable bonds is 5. The number of hydrogen-bond acceptors (Lipinski definition) is 4. The molecule has 8 heteroatoms. The van der Waals surface area contributed by atoms with Crippen LogP contribution in [0.3, 0.4) is 0 Å². The van der Waals surface area contributed by atoms with Crippen molar-refractivity contribution < 1.29 is 22.7 Å². The number of alkyl halides is 3. The van der Waals surface area contributed by atoms with Crippen molar-refractivity contribution in [1.82, 2.24) is 9.88 Å². The second kappa shape index (κ2) is 7.93. The van der Waals surface area contributed by atoms with Gasteiger partial charge in [0.2, 0.25) is 0 Å². The summed E-state index contributed by atoms with van der Waals surface area (Å²) in [7, 11) is 0. The number of likely N-dealkylation sites (tertiary alicyclic amines) is 1. The fourth-order valence-corrected chi connectivity index (χ4v) is 3.81. The number of nitrogens with zero attached hydrogens (tertiary/aromatic N) is 2. The summed E-state index contributed by atoms with van der Waals surface area (Å²) in [6.07, 6.45) is -1.98. The van der Waals surface area contributed by atoms with E-state index in [1.807, 2.05) is 30.3 Å². The molecule has 1 saturated heterocycles. The van der Waals surface area contributed by atoms with Crippen LogP contribution in [-0.2, 0) is 17.5 Å². The van der Waals surface area contributed by atoms with Crippen molar-refractivity contribution in [1.29, 1.82) is 0 Å². The Kier molecular flexibility index (Phi) is 5.34. The van der Waals surface area contributed by atoms with Gasteiger partial charge in [-0.15, -0.1) is 0 Å². The normalized spacial score (nSPS) is 23.3. The number of benzene rings is 1. The number of hydrogen-bond donors (Lipinski definition) is 1. The smallest absolute Gasteiger partial charge is 0.417 e. The molecule has 1 aliphatic carbocycles. The molecule has 2 heterocycles. The Hall–Kier alpha value is -2.77. The van der Waals surface area contributed by atoms with Gasteiger partial charge in [0.05, 0.1) is 11.6 Å². The lowest BCUT2D eigenvalue weighted by Crippen LogP contribution is -2.48. The lowest BCUT2D eigenvalue weighted by Gasteiger charge is -2.34. The van der Waals surface area contributed by atoms with Gasteiger partial charge in [0.25, 0.3) is 0 Å². The van der Waals surface area contributed by atoms with Crippen LogP contribution in [-0.4, -0.2) is 35.1 Å². The van der Waals surface area contributed by atoms with Gasteiger partial charge in [-0.05, 0) is 42.4 Å². The quantitative estimate of drug-likeness (QED) is 0.793. The molecule has 1 amide bonds. The number of ether oxygens (including phenoxy) is 1. The van der Waals surface area contributed by atoms with Crippen LogP contribution in [0.5, 0.6) is 0 Å². The average molecular weight is 405 g/mol. The number of halogens is 3. The van der Waals surface area contributed by atoms with E-state index in [1.165, 1.54) is 6.07 Å². The predicted molar refractivity (Wildman–Crippen MR) is 101 cm³/mol. The molecule has 29 heavy (non-hydrogen) atoms. The third-order valence-corrected chi connectivity index (χ3v) is 5.57. The summed E-state index contributed by atoms with van der Waals surface area (Å²) in [6, 6.07) is 11.7. The van der Waals surface area contributed by atoms with Gasteiger partial charge in [0, 0.05) is 19.3 Å². The molecule has 5 nitrogen and oxygen atoms in total. The first-order valence-corrected chi connectivity index (χ1v) is 9.64. The Morgan fingerprint density at radius 2 is 1.93 bits per heavy atom. The number of amides is 1. The molecule has 3 atom stereocenters. The maximum atomic E-state index is 12.7. The second-order valence-electron chi connectivity index (χ2n) is 7.65. The van der Waals surface area contributed by atoms with Crippen molar-refractivity contribution in [2.75, 3.05) is 18.4 Å². The topological polar surface area (TPSA) is 54.5 Å². The average Bonchev–Trinajstić information content (AvgIpc) is 3.48. The number of piperidine rings is 1. The van der Waals surface area contributed by atoms with Gasteiger partial charge < -0.3 is 15.0 Å². The number of carbonyl (C=O) groups excluding carboxylic acids is 1. The van der Waals surface area contributed by atoms with E-state index in [2.05, 4.69) is 10.3 Å². The van der Waals surface area contributed by atoms with E-state index >= 15 is 0 Å². The van der Waals surface area contributed by atoms with Crippen LogP contribution >= 0.6 is 0 Å². The predicted octanol–water partition coefficient (Wildman–Crippen LogP) is 4.56. The molecular weight excluding hydrogens is 383 g/mol. The molecule has 154 valence electrons. The molecule has 1 aliphatic heterocycles. The van der Waals surface area contributed by atoms with Crippen molar-refractivity contribution in [3.05, 3.63) is 59.8 Å². The van der Waals surface area contributed by atoms with Gasteiger partial charge >= 0.3 is 12.3 Å². The third-order valence-electron chi connectivity index (χ3n) is 5.57. The van der Waals surface area contributed by atoms with Crippen LogP contribution in [0.15, 0.2) is 48.7 Å². The molecule has 4 rings (SSSR count). The second-order valence-corrected chi connectivity index (χ2v) is 7.65. The van der Waals surface area contributed by atoms with Gasteiger partial charge in [-0.3, -0.25) is 0 Å². The van der Waals surface area contributed by atoms with E-state index in [1.54, 1.807) is 4.90 Å². The Bertz CT molecular complexity index is 842. The minimum Gasteiger partial charge on any atom is -0.445 e. The van der Waals surface area contributed by atoms with Gasteiger partial charge in [0.15, 0.2) is 0 Å². The number of anilines is 1. The molecule has 2 aliphatic rings. The fraction of sp³-hybridized carbons (Fsp3) is 0.429. The summed E-state index contributed by atoms with van der Waals surface area (Å²) in [5.74, 6) is 1.49. The molecule has 0 bridgehead atoms. The fourth-order valence-electron chi connectivity index (χ4n) is 3.81. The van der Waals surface area contributed by atoms with Gasteiger partial charge in [-0.1, -0.05) is 30.3 Å². The van der Waals surface area contributed by atoms with E-state index in [4.69, 9.17) is 4.74 Å². The number of nitrogens with one attached hydrogen (secondary N) is 1. The first-order valence-electron chi connectivity index (χ1n) is 9.64. The van der Waals surface area contributed by atoms with E-state index in [0.29, 0.717) is 30.7 Å². The largest absolute Gasteiger partial charge is 0.445 e. The van der Waals surface area contributed by atoms with E-state index in [-0.39, 0.29) is 18.7 Å². The lowest BCUT2D eigenvalue weighted by molar-refractivity contribution is -0.137. The minimum atomic E-state index is -4.41. The van der Waals surface area contributed by atoms with Gasteiger partial charge in [0.1, 0.15) is 12.4 Å². The zero-order chi connectivity index (χ0) is 20.4. The number of carbonyl (C=O) groups is 1. The Labute approximate surface area is 166 Å². The standard InChI is InChI=1S/C21H22F3N3O2/c22-21(23,24)17-6-7-19(25-10-17)26-11-18-9-15-8-16(15)12-27(18)20(28)29-13-14-4-2-1-3-5-14/h1-7,10,15-16,18H,8-9,11-13H2,(H,25,26). The first-order chi connectivity index (χ1) is 13.9. The Balaban J connectivity index is 1.35. The molecule has 2 aromatic rings. The third kappa shape index (κ3) is 4.81. The van der Waals surface area contributed by atoms with Crippen molar-refractivity contribution in [2.45, 2.75) is 31.7 Å². The van der Waals surface area contributed by atoms with Crippen LogP contribution in [0.1, 0.15) is 24.0 Å². The molecule has 1 saturated carbocycles. The highest BCUT2D eigenvalue weighted by Crippen LogP contribution is 2.47. The number of pyridine rings is 1. The Morgan fingerprint density at radius 1 is 1.14 bits per heavy atom. The summed E-state index contributed by atoms with van der Waals surface area (Å²) < 4.78 is 43.5. The lowest BCUT2D eigenvalue weighted by atomic mass is 10.0. The van der Waals surface area contributed by atoms with E-state index < -0.39 is 11.7 Å². The van der Waals surface area contributed by atoms with Crippen LogP contribution < -0.4 is 5.32 Å². The first kappa shape index (κ1) is 19.5. The highest BCUT2D eigenvalue weighted by molar-refractivity contribution is 5.68. The highest BCUT2D eigenvalue weighted by Gasteiger charge is 2.47. The molecule has 1 N–H and O–H groups in total. The summed E-state index contributed by atoms with van der Waals surface area (Å²) in [6.45, 7) is 1.29. The molecule has 3 unspecified atom stereocenters. The zero-order valence-electron chi connectivity index (χ0n) is 15.7. The maximum Gasteiger partial charge on any atom is 0.417 e. The van der Waals surface area contributed by atoms with Crippen molar-refractivity contribution in [3.8, 4) is 0 Å². The number of aromatic nitrogens is 1. The van der Waals surface area contributed by atoms with Crippen LogP contribution in [0, 0.1) is 11.8 Å². The van der Waals surface area contributed by atoms with Crippen LogP contribution in [0.4, 0.5) is 23.8 Å². The monoisotopic (exact) mass is 405 g/mol. The van der Waals surface area contributed by atoms with Crippen molar-refractivity contribution in [3.63, 3.8) is 0 Å². The molecule has 1 aromatic heterocycles. The molecule has 0 radical (unpaired) electrons. The minimum absolute atomic E-state index is 0.0777. The molecule has 1 aromatic carbocycles. The molecule has 2 fully saturated rings. The van der Waals surface area contributed by atoms with E-state index in [0.717, 1.165) is 30.7 Å².